The molecule has 116 valence electrons. The third-order valence-corrected chi connectivity index (χ3v) is 2.76. The monoisotopic (exact) mass is 314 g/mol. The predicted octanol–water partition coefficient (Wildman–Crippen LogP) is 2.95. The highest BCUT2D eigenvalue weighted by Gasteiger charge is 2.30. The van der Waals surface area contributed by atoms with Gasteiger partial charge in [-0.05, 0) is 31.2 Å². The SMILES string of the molecule is Cc1onc(C(=O)O)c1C(=O)Nc1ccc(C(F)(F)F)cc1. The molecule has 0 aliphatic carbocycles. The van der Waals surface area contributed by atoms with E-state index in [2.05, 4.69) is 15.0 Å². The summed E-state index contributed by atoms with van der Waals surface area (Å²) in [5.74, 6) is -2.30. The summed E-state index contributed by atoms with van der Waals surface area (Å²) in [6, 6.07) is 3.72. The minimum atomic E-state index is -4.48. The van der Waals surface area contributed by atoms with Crippen molar-refractivity contribution in [1.82, 2.24) is 5.16 Å². The number of carboxylic acid groups (broad SMARTS) is 1. The van der Waals surface area contributed by atoms with Gasteiger partial charge in [0.05, 0.1) is 5.56 Å². The molecule has 9 heteroatoms. The first-order valence-electron chi connectivity index (χ1n) is 5.88. The number of anilines is 1. The fourth-order valence-electron chi connectivity index (χ4n) is 1.72. The van der Waals surface area contributed by atoms with Crippen molar-refractivity contribution in [2.75, 3.05) is 5.32 Å². The zero-order valence-corrected chi connectivity index (χ0v) is 11.1. The Bertz CT molecular complexity index is 720. The molecule has 0 aliphatic heterocycles. The van der Waals surface area contributed by atoms with E-state index in [1.165, 1.54) is 6.92 Å². The van der Waals surface area contributed by atoms with Gasteiger partial charge in [-0.1, -0.05) is 5.16 Å². The fourth-order valence-corrected chi connectivity index (χ4v) is 1.72. The number of nitrogens with one attached hydrogen (secondary N) is 1. The van der Waals surface area contributed by atoms with Gasteiger partial charge in [-0.2, -0.15) is 13.2 Å². The third kappa shape index (κ3) is 3.08. The Morgan fingerprint density at radius 3 is 2.32 bits per heavy atom. The molecule has 1 aromatic carbocycles. The minimum absolute atomic E-state index is 0.0122. The van der Waals surface area contributed by atoms with Gasteiger partial charge in [-0.3, -0.25) is 4.79 Å². The maximum absolute atomic E-state index is 12.4. The van der Waals surface area contributed by atoms with Crippen LogP contribution in [0.15, 0.2) is 28.8 Å². The summed E-state index contributed by atoms with van der Waals surface area (Å²) in [4.78, 5) is 22.9. The number of hydrogen-bond donors (Lipinski definition) is 2. The van der Waals surface area contributed by atoms with Gasteiger partial charge in [0.2, 0.25) is 5.69 Å². The molecule has 0 bridgehead atoms. The number of aromatic nitrogens is 1. The Morgan fingerprint density at radius 1 is 1.23 bits per heavy atom. The van der Waals surface area contributed by atoms with Gasteiger partial charge in [0, 0.05) is 5.69 Å². The van der Waals surface area contributed by atoms with Crippen molar-refractivity contribution in [3.8, 4) is 0 Å². The van der Waals surface area contributed by atoms with Crippen LogP contribution < -0.4 is 5.32 Å². The maximum atomic E-state index is 12.4. The smallest absolute Gasteiger partial charge is 0.416 e. The molecule has 2 N–H and O–H groups in total. The highest BCUT2D eigenvalue weighted by molar-refractivity contribution is 6.10. The van der Waals surface area contributed by atoms with Crippen LogP contribution >= 0.6 is 0 Å². The Labute approximate surface area is 121 Å². The molecule has 6 nitrogen and oxygen atoms in total. The van der Waals surface area contributed by atoms with Crippen LogP contribution in [0.5, 0.6) is 0 Å². The molecule has 2 aromatic rings. The van der Waals surface area contributed by atoms with Crippen LogP contribution in [-0.2, 0) is 6.18 Å². The molecule has 2 rings (SSSR count). The Balaban J connectivity index is 2.23. The third-order valence-electron chi connectivity index (χ3n) is 2.76. The van der Waals surface area contributed by atoms with Gasteiger partial charge in [-0.25, -0.2) is 4.79 Å². The Morgan fingerprint density at radius 2 is 1.82 bits per heavy atom. The van der Waals surface area contributed by atoms with Crippen molar-refractivity contribution in [1.29, 1.82) is 0 Å². The van der Waals surface area contributed by atoms with Crippen molar-refractivity contribution >= 4 is 17.6 Å². The summed E-state index contributed by atoms with van der Waals surface area (Å²) in [6.07, 6.45) is -4.48. The Hall–Kier alpha value is -2.84. The summed E-state index contributed by atoms with van der Waals surface area (Å²) >= 11 is 0. The van der Waals surface area contributed by atoms with Gasteiger partial charge in [-0.15, -0.1) is 0 Å². The number of hydrogen-bond acceptors (Lipinski definition) is 4. The first kappa shape index (κ1) is 15.5. The lowest BCUT2D eigenvalue weighted by molar-refractivity contribution is -0.137. The first-order chi connectivity index (χ1) is 10.2. The second-order valence-electron chi connectivity index (χ2n) is 4.30. The van der Waals surface area contributed by atoms with Gasteiger partial charge >= 0.3 is 12.1 Å². The van der Waals surface area contributed by atoms with E-state index in [4.69, 9.17) is 5.11 Å². The highest BCUT2D eigenvalue weighted by Crippen LogP contribution is 2.30. The van der Waals surface area contributed by atoms with Crippen molar-refractivity contribution in [3.05, 3.63) is 46.8 Å². The minimum Gasteiger partial charge on any atom is -0.476 e. The van der Waals surface area contributed by atoms with Crippen molar-refractivity contribution in [3.63, 3.8) is 0 Å². The number of benzene rings is 1. The van der Waals surface area contributed by atoms with Crippen LogP contribution in [0, 0.1) is 6.92 Å². The quantitative estimate of drug-likeness (QED) is 0.908. The van der Waals surface area contributed by atoms with Gasteiger partial charge in [0.1, 0.15) is 11.3 Å². The zero-order valence-electron chi connectivity index (χ0n) is 11.1. The number of carboxylic acids is 1. The molecule has 0 unspecified atom stereocenters. The van der Waals surface area contributed by atoms with Crippen LogP contribution in [0.3, 0.4) is 0 Å². The molecule has 1 amide bonds. The number of halogens is 3. The average Bonchev–Trinajstić information content (AvgIpc) is 2.80. The van der Waals surface area contributed by atoms with E-state index in [0.29, 0.717) is 0 Å². The topological polar surface area (TPSA) is 92.4 Å². The number of aromatic carboxylic acids is 1. The zero-order chi connectivity index (χ0) is 16.5. The standard InChI is InChI=1S/C13H9F3N2O4/c1-6-9(10(12(20)21)18-22-6)11(19)17-8-4-2-7(3-5-8)13(14,15)16/h2-5H,1H3,(H,17,19)(H,20,21). The second-order valence-corrected chi connectivity index (χ2v) is 4.30. The summed E-state index contributed by atoms with van der Waals surface area (Å²) in [5.41, 5.74) is -1.64. The maximum Gasteiger partial charge on any atom is 0.416 e. The number of rotatable bonds is 3. The number of nitrogens with zero attached hydrogens (tertiary/aromatic N) is 1. The van der Waals surface area contributed by atoms with Crippen molar-refractivity contribution in [2.45, 2.75) is 13.1 Å². The van der Waals surface area contributed by atoms with Crippen LogP contribution in [-0.4, -0.2) is 22.1 Å². The molecule has 22 heavy (non-hydrogen) atoms. The lowest BCUT2D eigenvalue weighted by Crippen LogP contribution is -2.16. The molecule has 0 spiro atoms. The molecule has 0 atom stereocenters. The van der Waals surface area contributed by atoms with Crippen LogP contribution in [0.1, 0.15) is 32.2 Å². The van der Waals surface area contributed by atoms with E-state index in [0.717, 1.165) is 24.3 Å². The highest BCUT2D eigenvalue weighted by atomic mass is 19.4. The molecular formula is C13H9F3N2O4. The van der Waals surface area contributed by atoms with E-state index >= 15 is 0 Å². The molecule has 0 aliphatic rings. The second kappa shape index (κ2) is 5.51. The van der Waals surface area contributed by atoms with Crippen LogP contribution in [0.2, 0.25) is 0 Å². The summed E-state index contributed by atoms with van der Waals surface area (Å²) in [7, 11) is 0. The van der Waals surface area contributed by atoms with Crippen LogP contribution in [0.25, 0.3) is 0 Å². The normalized spacial score (nSPS) is 11.3. The molecular weight excluding hydrogens is 305 g/mol. The Kier molecular flexibility index (Phi) is 3.89. The lowest BCUT2D eigenvalue weighted by Gasteiger charge is -2.08. The van der Waals surface area contributed by atoms with Gasteiger partial charge < -0.3 is 14.9 Å². The largest absolute Gasteiger partial charge is 0.476 e. The molecule has 1 heterocycles. The molecule has 0 fully saturated rings. The van der Waals surface area contributed by atoms with E-state index in [1.54, 1.807) is 0 Å². The average molecular weight is 314 g/mol. The summed E-state index contributed by atoms with van der Waals surface area (Å²) in [5, 5.41) is 14.4. The van der Waals surface area contributed by atoms with Crippen LogP contribution in [0.4, 0.5) is 18.9 Å². The predicted molar refractivity (Wildman–Crippen MR) is 67.6 cm³/mol. The number of carbonyl (C=O) groups excluding carboxylic acids is 1. The number of aryl methyl sites for hydroxylation is 1. The van der Waals surface area contributed by atoms with Crippen molar-refractivity contribution < 1.29 is 32.4 Å². The molecule has 0 radical (unpaired) electrons. The lowest BCUT2D eigenvalue weighted by atomic mass is 10.1. The number of amides is 1. The van der Waals surface area contributed by atoms with Gasteiger partial charge in [0.25, 0.3) is 5.91 Å². The van der Waals surface area contributed by atoms with E-state index < -0.39 is 29.3 Å². The van der Waals surface area contributed by atoms with E-state index in [1.807, 2.05) is 0 Å². The van der Waals surface area contributed by atoms with E-state index in [-0.39, 0.29) is 17.0 Å². The molecule has 0 saturated heterocycles. The molecule has 1 aromatic heterocycles. The van der Waals surface area contributed by atoms with E-state index in [9.17, 15) is 22.8 Å². The number of alkyl halides is 3. The number of carbonyl (C=O) groups is 2. The molecule has 0 saturated carbocycles. The summed E-state index contributed by atoms with van der Waals surface area (Å²) < 4.78 is 41.9. The van der Waals surface area contributed by atoms with Gasteiger partial charge in [0.15, 0.2) is 0 Å². The van der Waals surface area contributed by atoms with Crippen molar-refractivity contribution in [2.24, 2.45) is 0 Å². The summed E-state index contributed by atoms with van der Waals surface area (Å²) in [6.45, 7) is 1.35. The fraction of sp³-hybridized carbons (Fsp3) is 0.154. The first-order valence-corrected chi connectivity index (χ1v) is 5.88.